The Bertz CT molecular complexity index is 1080. The average Bonchev–Trinajstić information content (AvgIpc) is 3.27. The molecule has 0 saturated heterocycles. The van der Waals surface area contributed by atoms with Crippen LogP contribution in [-0.4, -0.2) is 23.5 Å². The van der Waals surface area contributed by atoms with Crippen LogP contribution >= 0.6 is 0 Å². The zero-order valence-corrected chi connectivity index (χ0v) is 14.4. The minimum atomic E-state index is -3.69. The molecule has 4 rings (SSSR count). The number of hydrogen-bond donors (Lipinski definition) is 1. The summed E-state index contributed by atoms with van der Waals surface area (Å²) in [5.74, 6) is -1.20. The Morgan fingerprint density at radius 1 is 1.12 bits per heavy atom. The van der Waals surface area contributed by atoms with E-state index in [9.17, 15) is 13.2 Å². The molecule has 1 N–H and O–H groups in total. The Balaban J connectivity index is 1.80. The van der Waals surface area contributed by atoms with Crippen molar-refractivity contribution in [1.29, 1.82) is 0 Å². The molecule has 1 aliphatic carbocycles. The maximum Gasteiger partial charge on any atom is 0.307 e. The first-order valence-corrected chi connectivity index (χ1v) is 9.48. The van der Waals surface area contributed by atoms with Crippen LogP contribution in [-0.2, 0) is 14.8 Å². The van der Waals surface area contributed by atoms with Gasteiger partial charge in [-0.25, -0.2) is 12.4 Å². The van der Waals surface area contributed by atoms with E-state index in [2.05, 4.69) is 0 Å². The first kappa shape index (κ1) is 15.9. The molecule has 128 valence electrons. The minimum absolute atomic E-state index is 0.0349. The second-order valence-electron chi connectivity index (χ2n) is 6.53. The highest BCUT2D eigenvalue weighted by molar-refractivity contribution is 7.90. The summed E-state index contributed by atoms with van der Waals surface area (Å²) in [6.45, 7) is 1.91. The summed E-state index contributed by atoms with van der Waals surface area (Å²) in [7, 11) is -3.69. The van der Waals surface area contributed by atoms with Crippen LogP contribution in [0.2, 0.25) is 0 Å². The molecule has 0 radical (unpaired) electrons. The lowest BCUT2D eigenvalue weighted by molar-refractivity contribution is -0.138. The first-order chi connectivity index (χ1) is 11.9. The monoisotopic (exact) mass is 355 g/mol. The lowest BCUT2D eigenvalue weighted by atomic mass is 10.1. The average molecular weight is 355 g/mol. The molecule has 25 heavy (non-hydrogen) atoms. The Morgan fingerprint density at radius 3 is 2.48 bits per heavy atom. The molecular formula is C19H17NO4S. The molecule has 0 bridgehead atoms. The Labute approximate surface area is 145 Å². The summed E-state index contributed by atoms with van der Waals surface area (Å²) in [4.78, 5) is 11.3. The van der Waals surface area contributed by atoms with Crippen molar-refractivity contribution in [3.63, 3.8) is 0 Å². The van der Waals surface area contributed by atoms with Crippen molar-refractivity contribution in [2.45, 2.75) is 24.2 Å². The number of rotatable bonds is 4. The zero-order valence-electron chi connectivity index (χ0n) is 13.6. The van der Waals surface area contributed by atoms with Gasteiger partial charge >= 0.3 is 5.97 Å². The maximum atomic E-state index is 13.0. The van der Waals surface area contributed by atoms with Gasteiger partial charge in [0, 0.05) is 11.6 Å². The third-order valence-corrected chi connectivity index (χ3v) is 6.50. The van der Waals surface area contributed by atoms with Crippen molar-refractivity contribution in [1.82, 2.24) is 3.97 Å². The number of aromatic nitrogens is 1. The number of benzene rings is 2. The van der Waals surface area contributed by atoms with Crippen LogP contribution in [0.4, 0.5) is 0 Å². The molecule has 1 aliphatic rings. The summed E-state index contributed by atoms with van der Waals surface area (Å²) in [6.07, 6.45) is 2.15. The molecule has 0 amide bonds. The minimum Gasteiger partial charge on any atom is -0.481 e. The standard InChI is InChI=1S/C19H17NO4S/c1-12-2-6-15(7-3-12)25(23,24)20-9-8-13-4-5-14(10-18(13)20)16-11-17(16)19(21)22/h2-10,16-17H,11H2,1H3,(H,21,22). The van der Waals surface area contributed by atoms with E-state index in [1.165, 1.54) is 3.97 Å². The second-order valence-corrected chi connectivity index (χ2v) is 8.35. The van der Waals surface area contributed by atoms with Gasteiger partial charge in [-0.05, 0) is 49.1 Å². The van der Waals surface area contributed by atoms with Crippen LogP contribution in [0.15, 0.2) is 59.6 Å². The smallest absolute Gasteiger partial charge is 0.307 e. The van der Waals surface area contributed by atoms with Crippen molar-refractivity contribution in [2.24, 2.45) is 5.92 Å². The van der Waals surface area contributed by atoms with E-state index in [4.69, 9.17) is 5.11 Å². The lowest BCUT2D eigenvalue weighted by Crippen LogP contribution is -2.11. The summed E-state index contributed by atoms with van der Waals surface area (Å²) >= 11 is 0. The quantitative estimate of drug-likeness (QED) is 0.778. The van der Waals surface area contributed by atoms with E-state index >= 15 is 0 Å². The molecule has 1 saturated carbocycles. The van der Waals surface area contributed by atoms with E-state index in [1.807, 2.05) is 19.1 Å². The molecule has 2 aromatic carbocycles. The van der Waals surface area contributed by atoms with Gasteiger partial charge in [-0.2, -0.15) is 0 Å². The Hall–Kier alpha value is -2.60. The fraction of sp³-hybridized carbons (Fsp3) is 0.211. The summed E-state index contributed by atoms with van der Waals surface area (Å²) in [6, 6.07) is 14.0. The van der Waals surface area contributed by atoms with Crippen LogP contribution in [0.5, 0.6) is 0 Å². The number of hydrogen-bond acceptors (Lipinski definition) is 3. The van der Waals surface area contributed by atoms with Crippen molar-refractivity contribution < 1.29 is 18.3 Å². The van der Waals surface area contributed by atoms with Crippen LogP contribution in [0, 0.1) is 12.8 Å². The molecule has 1 fully saturated rings. The first-order valence-electron chi connectivity index (χ1n) is 8.04. The van der Waals surface area contributed by atoms with Crippen LogP contribution in [0.1, 0.15) is 23.5 Å². The highest BCUT2D eigenvalue weighted by Gasteiger charge is 2.44. The maximum absolute atomic E-state index is 13.0. The fourth-order valence-corrected chi connectivity index (χ4v) is 4.57. The second kappa shape index (κ2) is 5.46. The summed E-state index contributed by atoms with van der Waals surface area (Å²) in [5, 5.41) is 9.92. The Kier molecular flexibility index (Phi) is 3.47. The van der Waals surface area contributed by atoms with E-state index in [0.29, 0.717) is 11.9 Å². The predicted octanol–water partition coefficient (Wildman–Crippen LogP) is 3.37. The highest BCUT2D eigenvalue weighted by atomic mass is 32.2. The van der Waals surface area contributed by atoms with Crippen molar-refractivity contribution >= 4 is 26.9 Å². The van der Waals surface area contributed by atoms with Gasteiger partial charge in [-0.3, -0.25) is 4.79 Å². The normalized spacial score (nSPS) is 19.9. The van der Waals surface area contributed by atoms with Gasteiger partial charge in [0.05, 0.1) is 16.3 Å². The van der Waals surface area contributed by atoms with Crippen molar-refractivity contribution in [3.05, 3.63) is 65.9 Å². The lowest BCUT2D eigenvalue weighted by Gasteiger charge is -2.09. The largest absolute Gasteiger partial charge is 0.481 e. The summed E-state index contributed by atoms with van der Waals surface area (Å²) in [5.41, 5.74) is 2.44. The number of aryl methyl sites for hydroxylation is 1. The van der Waals surface area contributed by atoms with Gasteiger partial charge in [-0.1, -0.05) is 29.8 Å². The molecule has 1 heterocycles. The number of carboxylic acid groups (broad SMARTS) is 1. The van der Waals surface area contributed by atoms with E-state index in [1.54, 1.807) is 42.6 Å². The zero-order chi connectivity index (χ0) is 17.8. The molecule has 0 aliphatic heterocycles. The van der Waals surface area contributed by atoms with E-state index < -0.39 is 16.0 Å². The van der Waals surface area contributed by atoms with E-state index in [-0.39, 0.29) is 16.7 Å². The highest BCUT2D eigenvalue weighted by Crippen LogP contribution is 2.48. The van der Waals surface area contributed by atoms with Crippen LogP contribution in [0.3, 0.4) is 0 Å². The molecule has 1 aromatic heterocycles. The molecule has 5 nitrogen and oxygen atoms in total. The number of fused-ring (bicyclic) bond motifs is 1. The van der Waals surface area contributed by atoms with Gasteiger partial charge in [0.1, 0.15) is 0 Å². The summed E-state index contributed by atoms with van der Waals surface area (Å²) < 4.78 is 27.2. The number of carboxylic acids is 1. The third-order valence-electron chi connectivity index (χ3n) is 4.79. The van der Waals surface area contributed by atoms with Gasteiger partial charge in [0.25, 0.3) is 10.0 Å². The topological polar surface area (TPSA) is 76.4 Å². The van der Waals surface area contributed by atoms with Gasteiger partial charge in [0.15, 0.2) is 0 Å². The third kappa shape index (κ3) is 2.62. The Morgan fingerprint density at radius 2 is 1.84 bits per heavy atom. The van der Waals surface area contributed by atoms with Crippen molar-refractivity contribution in [2.75, 3.05) is 0 Å². The van der Waals surface area contributed by atoms with Gasteiger partial charge < -0.3 is 5.11 Å². The number of nitrogens with zero attached hydrogens (tertiary/aromatic N) is 1. The molecule has 0 spiro atoms. The molecule has 3 aromatic rings. The van der Waals surface area contributed by atoms with Crippen LogP contribution < -0.4 is 0 Å². The van der Waals surface area contributed by atoms with Gasteiger partial charge in [0.2, 0.25) is 0 Å². The SMILES string of the molecule is Cc1ccc(S(=O)(=O)n2ccc3ccc(C4CC4C(=O)O)cc32)cc1. The molecule has 6 heteroatoms. The predicted molar refractivity (Wildman–Crippen MR) is 94.2 cm³/mol. The number of carbonyl (C=O) groups is 1. The molecular weight excluding hydrogens is 338 g/mol. The van der Waals surface area contributed by atoms with E-state index in [0.717, 1.165) is 16.5 Å². The number of aliphatic carboxylic acids is 1. The molecule has 2 atom stereocenters. The van der Waals surface area contributed by atoms with Crippen LogP contribution in [0.25, 0.3) is 10.9 Å². The van der Waals surface area contributed by atoms with Crippen molar-refractivity contribution in [3.8, 4) is 0 Å². The van der Waals surface area contributed by atoms with Gasteiger partial charge in [-0.15, -0.1) is 0 Å². The fourth-order valence-electron chi connectivity index (χ4n) is 3.22. The molecule has 2 unspecified atom stereocenters.